The maximum Gasteiger partial charge on any atom is 0.338 e. The number of esters is 1. The Bertz CT molecular complexity index is 1250. The van der Waals surface area contributed by atoms with E-state index in [1.165, 1.54) is 34.9 Å². The zero-order valence-electron chi connectivity index (χ0n) is 17.1. The Hall–Kier alpha value is -3.81. The predicted molar refractivity (Wildman–Crippen MR) is 112 cm³/mol. The number of halogens is 1. The monoisotopic (exact) mass is 421 g/mol. The fraction of sp³-hybridized carbons (Fsp3) is 0.217. The lowest BCUT2D eigenvalue weighted by molar-refractivity contribution is 0.0599. The third-order valence-corrected chi connectivity index (χ3v) is 5.29. The maximum absolute atomic E-state index is 14.3. The molecule has 7 nitrogen and oxygen atoms in total. The van der Waals surface area contributed by atoms with E-state index in [2.05, 4.69) is 5.10 Å². The van der Waals surface area contributed by atoms with Crippen molar-refractivity contribution in [2.75, 3.05) is 18.6 Å². The maximum atomic E-state index is 14.3. The second kappa shape index (κ2) is 8.14. The summed E-state index contributed by atoms with van der Waals surface area (Å²) in [6, 6.07) is 12.3. The smallest absolute Gasteiger partial charge is 0.338 e. The molecule has 1 amide bonds. The first-order valence-electron chi connectivity index (χ1n) is 9.80. The number of fused-ring (bicyclic) bond motifs is 1. The molecule has 8 heteroatoms. The first kappa shape index (κ1) is 20.5. The Morgan fingerprint density at radius 3 is 2.58 bits per heavy atom. The SMILES string of the molecule is COC(=O)c1cccc2c1CCCN2C(=O)c1nn(-c2ccccc2F)c(C)cc1=O. The molecule has 2 aromatic carbocycles. The van der Waals surface area contributed by atoms with Crippen molar-refractivity contribution in [3.63, 3.8) is 0 Å². The minimum absolute atomic E-state index is 0.140. The predicted octanol–water partition coefficient (Wildman–Crippen LogP) is 3.06. The summed E-state index contributed by atoms with van der Waals surface area (Å²) in [5, 5.41) is 4.21. The lowest BCUT2D eigenvalue weighted by Crippen LogP contribution is -2.40. The average Bonchev–Trinajstić information content (AvgIpc) is 2.78. The molecule has 0 saturated heterocycles. The van der Waals surface area contributed by atoms with E-state index in [4.69, 9.17) is 4.74 Å². The minimum atomic E-state index is -0.599. The summed E-state index contributed by atoms with van der Waals surface area (Å²) in [5.74, 6) is -1.61. The van der Waals surface area contributed by atoms with Gasteiger partial charge < -0.3 is 9.64 Å². The second-order valence-corrected chi connectivity index (χ2v) is 7.22. The van der Waals surface area contributed by atoms with Crippen molar-refractivity contribution in [1.82, 2.24) is 9.78 Å². The summed E-state index contributed by atoms with van der Waals surface area (Å²) >= 11 is 0. The van der Waals surface area contributed by atoms with Crippen LogP contribution in [0, 0.1) is 12.7 Å². The van der Waals surface area contributed by atoms with Crippen LogP contribution in [-0.2, 0) is 11.2 Å². The number of nitrogens with zero attached hydrogens (tertiary/aromatic N) is 3. The van der Waals surface area contributed by atoms with Crippen molar-refractivity contribution in [2.45, 2.75) is 19.8 Å². The van der Waals surface area contributed by atoms with Gasteiger partial charge >= 0.3 is 5.97 Å². The fourth-order valence-corrected chi connectivity index (χ4v) is 3.83. The fourth-order valence-electron chi connectivity index (χ4n) is 3.83. The molecule has 0 bridgehead atoms. The molecule has 0 N–H and O–H groups in total. The number of ether oxygens (including phenoxy) is 1. The van der Waals surface area contributed by atoms with Crippen LogP contribution in [0.25, 0.3) is 5.69 Å². The molecule has 1 aliphatic rings. The molecule has 4 rings (SSSR count). The first-order chi connectivity index (χ1) is 14.9. The van der Waals surface area contributed by atoms with Gasteiger partial charge in [-0.3, -0.25) is 9.59 Å². The van der Waals surface area contributed by atoms with Crippen LogP contribution in [0.1, 0.15) is 38.5 Å². The molecule has 0 aliphatic carbocycles. The van der Waals surface area contributed by atoms with E-state index in [9.17, 15) is 18.8 Å². The van der Waals surface area contributed by atoms with Gasteiger partial charge in [-0.05, 0) is 49.6 Å². The molecule has 1 aromatic heterocycles. The Labute approximate surface area is 177 Å². The normalized spacial score (nSPS) is 12.9. The summed E-state index contributed by atoms with van der Waals surface area (Å²) in [5.41, 5.74) is 1.29. The summed E-state index contributed by atoms with van der Waals surface area (Å²) in [7, 11) is 1.30. The average molecular weight is 421 g/mol. The standard InChI is InChI=1S/C23H20FN3O4/c1-14-13-20(28)21(25-27(14)19-10-4-3-9-17(19)24)22(29)26-12-6-8-15-16(23(30)31-2)7-5-11-18(15)26/h3-5,7,9-11,13H,6,8,12H2,1-2H3. The molecule has 0 spiro atoms. The van der Waals surface area contributed by atoms with Crippen LogP contribution in [0.4, 0.5) is 10.1 Å². The topological polar surface area (TPSA) is 81.5 Å². The Balaban J connectivity index is 1.81. The summed E-state index contributed by atoms with van der Waals surface area (Å²) in [4.78, 5) is 39.6. The van der Waals surface area contributed by atoms with E-state index in [-0.39, 0.29) is 11.4 Å². The number of aromatic nitrogens is 2. The van der Waals surface area contributed by atoms with Crippen molar-refractivity contribution in [2.24, 2.45) is 0 Å². The highest BCUT2D eigenvalue weighted by Gasteiger charge is 2.29. The molecule has 0 saturated carbocycles. The number of aryl methyl sites for hydroxylation is 1. The van der Waals surface area contributed by atoms with Crippen LogP contribution in [-0.4, -0.2) is 35.3 Å². The van der Waals surface area contributed by atoms with Gasteiger partial charge in [0, 0.05) is 24.0 Å². The molecule has 0 fully saturated rings. The van der Waals surface area contributed by atoms with Gasteiger partial charge in [-0.15, -0.1) is 0 Å². The summed E-state index contributed by atoms with van der Waals surface area (Å²) in [6.45, 7) is 1.99. The van der Waals surface area contributed by atoms with Crippen molar-refractivity contribution in [1.29, 1.82) is 0 Å². The van der Waals surface area contributed by atoms with Crippen LogP contribution in [0.3, 0.4) is 0 Å². The molecule has 3 aromatic rings. The number of amides is 1. The van der Waals surface area contributed by atoms with Crippen LogP contribution in [0.2, 0.25) is 0 Å². The lowest BCUT2D eigenvalue weighted by Gasteiger charge is -2.30. The summed E-state index contributed by atoms with van der Waals surface area (Å²) in [6.07, 6.45) is 1.21. The molecule has 1 aliphatic heterocycles. The van der Waals surface area contributed by atoms with Gasteiger partial charge in [-0.2, -0.15) is 5.10 Å². The van der Waals surface area contributed by atoms with Crippen LogP contribution >= 0.6 is 0 Å². The van der Waals surface area contributed by atoms with Gasteiger partial charge in [0.05, 0.1) is 12.7 Å². The van der Waals surface area contributed by atoms with Gasteiger partial charge in [0.1, 0.15) is 11.5 Å². The van der Waals surface area contributed by atoms with E-state index in [0.29, 0.717) is 41.9 Å². The molecule has 31 heavy (non-hydrogen) atoms. The number of hydrogen-bond acceptors (Lipinski definition) is 5. The number of anilines is 1. The third-order valence-electron chi connectivity index (χ3n) is 5.29. The van der Waals surface area contributed by atoms with Crippen LogP contribution in [0.15, 0.2) is 53.3 Å². The molecule has 0 atom stereocenters. The number of methoxy groups -OCH3 is 1. The molecule has 0 unspecified atom stereocenters. The van der Waals surface area contributed by atoms with E-state index < -0.39 is 23.1 Å². The Morgan fingerprint density at radius 2 is 1.84 bits per heavy atom. The first-order valence-corrected chi connectivity index (χ1v) is 9.80. The summed E-state index contributed by atoms with van der Waals surface area (Å²) < 4.78 is 20.4. The van der Waals surface area contributed by atoms with Crippen LogP contribution < -0.4 is 10.3 Å². The van der Waals surface area contributed by atoms with Gasteiger partial charge in [0.15, 0.2) is 5.69 Å². The number of rotatable bonds is 3. The number of hydrogen-bond donors (Lipinski definition) is 0. The number of para-hydroxylation sites is 1. The molecular formula is C23H20FN3O4. The zero-order chi connectivity index (χ0) is 22.1. The molecule has 0 radical (unpaired) electrons. The highest BCUT2D eigenvalue weighted by Crippen LogP contribution is 2.31. The molecule has 158 valence electrons. The Morgan fingerprint density at radius 1 is 1.10 bits per heavy atom. The number of carbonyl (C=O) groups excluding carboxylic acids is 2. The molecular weight excluding hydrogens is 401 g/mol. The van der Waals surface area contributed by atoms with Crippen molar-refractivity contribution in [3.8, 4) is 5.69 Å². The largest absolute Gasteiger partial charge is 0.465 e. The van der Waals surface area contributed by atoms with E-state index in [1.54, 1.807) is 37.3 Å². The van der Waals surface area contributed by atoms with Gasteiger partial charge in [-0.25, -0.2) is 13.9 Å². The van der Waals surface area contributed by atoms with Gasteiger partial charge in [0.2, 0.25) is 5.43 Å². The highest BCUT2D eigenvalue weighted by molar-refractivity contribution is 6.06. The van der Waals surface area contributed by atoms with Crippen molar-refractivity contribution < 1.29 is 18.7 Å². The third kappa shape index (κ3) is 3.61. The quantitative estimate of drug-likeness (QED) is 0.607. The van der Waals surface area contributed by atoms with Crippen molar-refractivity contribution in [3.05, 3.63) is 87.1 Å². The minimum Gasteiger partial charge on any atom is -0.465 e. The van der Waals surface area contributed by atoms with E-state index >= 15 is 0 Å². The number of benzene rings is 2. The Kier molecular flexibility index (Phi) is 5.37. The van der Waals surface area contributed by atoms with E-state index in [1.807, 2.05) is 0 Å². The van der Waals surface area contributed by atoms with Crippen molar-refractivity contribution >= 4 is 17.6 Å². The van der Waals surface area contributed by atoms with Gasteiger partial charge in [-0.1, -0.05) is 18.2 Å². The highest BCUT2D eigenvalue weighted by atomic mass is 19.1. The van der Waals surface area contributed by atoms with Crippen LogP contribution in [0.5, 0.6) is 0 Å². The zero-order valence-corrected chi connectivity index (χ0v) is 17.1. The van der Waals surface area contributed by atoms with E-state index in [0.717, 1.165) is 0 Å². The van der Waals surface area contributed by atoms with Gasteiger partial charge in [0.25, 0.3) is 5.91 Å². The molecule has 2 heterocycles. The number of carbonyl (C=O) groups is 2. The lowest BCUT2D eigenvalue weighted by atomic mass is 9.96. The second-order valence-electron chi connectivity index (χ2n) is 7.22.